The van der Waals surface area contributed by atoms with Gasteiger partial charge >= 0.3 is 0 Å². The van der Waals surface area contributed by atoms with E-state index >= 15 is 0 Å². The number of rotatable bonds is 5. The fraction of sp³-hybridized carbons (Fsp3) is 0.500. The first-order valence-electron chi connectivity index (χ1n) is 2.97. The number of carbonyl (C=O) groups is 2. The molecule has 8 nitrogen and oxygen atoms in total. The van der Waals surface area contributed by atoms with Crippen LogP contribution in [0.5, 0.6) is 0 Å². The minimum atomic E-state index is -5.25. The smallest absolute Gasteiger partial charge is 0.221 e. The Morgan fingerprint density at radius 1 is 1.46 bits per heavy atom. The molecule has 0 aliphatic rings. The second-order valence-corrected chi connectivity index (χ2v) is 3.21. The third-order valence-corrected chi connectivity index (χ3v) is 1.48. The topological polar surface area (TPSA) is 157 Å². The van der Waals surface area contributed by atoms with Gasteiger partial charge in [0, 0.05) is 0 Å². The molecule has 9 heteroatoms. The first-order valence-corrected chi connectivity index (χ1v) is 4.43. The average Bonchev–Trinajstić information content (AvgIpc) is 1.97. The molecule has 76 valence electrons. The molecule has 13 heavy (non-hydrogen) atoms. The third kappa shape index (κ3) is 5.45. The summed E-state index contributed by atoms with van der Waals surface area (Å²) in [6.45, 7) is -1.13. The maximum absolute atomic E-state index is 10.6. The van der Waals surface area contributed by atoms with Crippen molar-refractivity contribution >= 4 is 19.6 Å². The van der Waals surface area contributed by atoms with Gasteiger partial charge in [-0.1, -0.05) is 0 Å². The number of phosphoric acid groups is 1. The SMILES string of the molecule is [NH3+][C@H](C(=O)[O-])C(=O)COP(=O)([O-])[O-]. The minimum absolute atomic E-state index is 1.13. The van der Waals surface area contributed by atoms with Gasteiger partial charge < -0.3 is 34.5 Å². The van der Waals surface area contributed by atoms with Crippen molar-refractivity contribution in [1.29, 1.82) is 0 Å². The molecule has 1 atom stereocenters. The molecule has 0 aromatic rings. The van der Waals surface area contributed by atoms with Crippen molar-refractivity contribution in [3.8, 4) is 0 Å². The maximum atomic E-state index is 10.6. The fourth-order valence-corrected chi connectivity index (χ4v) is 0.660. The zero-order chi connectivity index (χ0) is 10.6. The minimum Gasteiger partial charge on any atom is -0.790 e. The first-order chi connectivity index (χ1) is 5.74. The molecule has 0 unspecified atom stereocenters. The Labute approximate surface area is 72.5 Å². The van der Waals surface area contributed by atoms with Gasteiger partial charge in [0.15, 0.2) is 6.04 Å². The van der Waals surface area contributed by atoms with Crippen LogP contribution < -0.4 is 20.6 Å². The van der Waals surface area contributed by atoms with Crippen LogP contribution in [-0.2, 0) is 18.7 Å². The highest BCUT2D eigenvalue weighted by atomic mass is 31.2. The number of phosphoric ester groups is 1. The van der Waals surface area contributed by atoms with E-state index in [1.165, 1.54) is 0 Å². The highest BCUT2D eigenvalue weighted by Gasteiger charge is 2.18. The zero-order valence-corrected chi connectivity index (χ0v) is 7.19. The highest BCUT2D eigenvalue weighted by Crippen LogP contribution is 2.23. The van der Waals surface area contributed by atoms with Gasteiger partial charge in [0.05, 0.1) is 7.82 Å². The largest absolute Gasteiger partial charge is 0.790 e. The average molecular weight is 211 g/mol. The number of hydrogen-bond acceptors (Lipinski definition) is 7. The van der Waals surface area contributed by atoms with Crippen molar-refractivity contribution in [2.45, 2.75) is 6.04 Å². The Bertz CT molecular complexity index is 257. The molecular weight excluding hydrogens is 205 g/mol. The van der Waals surface area contributed by atoms with Gasteiger partial charge in [0.25, 0.3) is 0 Å². The van der Waals surface area contributed by atoms with E-state index in [1.807, 2.05) is 0 Å². The number of carboxylic acids is 1. The van der Waals surface area contributed by atoms with E-state index in [0.717, 1.165) is 0 Å². The van der Waals surface area contributed by atoms with Gasteiger partial charge in [-0.2, -0.15) is 0 Å². The standard InChI is InChI=1S/C4H8NO7P/c5-3(4(7)8)2(6)1-12-13(9,10)11/h3H,1,5H2,(H,7,8)(H2,9,10,11)/p-2/t3-/m0/s1. The lowest BCUT2D eigenvalue weighted by molar-refractivity contribution is -0.424. The second-order valence-electron chi connectivity index (χ2n) is 2.06. The Hall–Kier alpha value is -0.790. The molecule has 0 saturated heterocycles. The van der Waals surface area contributed by atoms with Gasteiger partial charge in [0.2, 0.25) is 5.78 Å². The fourth-order valence-electron chi connectivity index (χ4n) is 0.375. The number of Topliss-reactive ketones (excluding diaryl/α,β-unsaturated/α-hetero) is 1. The van der Waals surface area contributed by atoms with Crippen molar-refractivity contribution in [1.82, 2.24) is 0 Å². The second kappa shape index (κ2) is 4.45. The summed E-state index contributed by atoms with van der Waals surface area (Å²) in [5.41, 5.74) is 2.85. The number of aliphatic carboxylic acids is 1. The summed E-state index contributed by atoms with van der Waals surface area (Å²) >= 11 is 0. The molecule has 0 fully saturated rings. The van der Waals surface area contributed by atoms with Crippen LogP contribution in [0.15, 0.2) is 0 Å². The number of ketones is 1. The van der Waals surface area contributed by atoms with E-state index in [4.69, 9.17) is 0 Å². The molecule has 0 heterocycles. The maximum Gasteiger partial charge on any atom is 0.221 e. The Balaban J connectivity index is 4.03. The molecule has 0 amide bonds. The summed E-state index contributed by atoms with van der Waals surface area (Å²) in [5.74, 6) is -2.91. The summed E-state index contributed by atoms with van der Waals surface area (Å²) in [7, 11) is -5.25. The van der Waals surface area contributed by atoms with Crippen LogP contribution in [0.25, 0.3) is 0 Å². The Morgan fingerprint density at radius 2 is 1.92 bits per heavy atom. The van der Waals surface area contributed by atoms with Crippen molar-refractivity contribution in [3.63, 3.8) is 0 Å². The van der Waals surface area contributed by atoms with Crippen LogP contribution in [0.2, 0.25) is 0 Å². The lowest BCUT2D eigenvalue weighted by atomic mass is 10.2. The third-order valence-electron chi connectivity index (χ3n) is 1.04. The Kier molecular flexibility index (Phi) is 4.18. The van der Waals surface area contributed by atoms with Crippen molar-refractivity contribution in [2.24, 2.45) is 0 Å². The highest BCUT2D eigenvalue weighted by molar-refractivity contribution is 7.43. The van der Waals surface area contributed by atoms with Gasteiger partial charge in [-0.05, 0) is 0 Å². The number of quaternary nitrogens is 1. The predicted molar refractivity (Wildman–Crippen MR) is 30.2 cm³/mol. The molecule has 0 aromatic heterocycles. The summed E-state index contributed by atoms with van der Waals surface area (Å²) < 4.78 is 13.4. The molecule has 0 aliphatic carbocycles. The van der Waals surface area contributed by atoms with Gasteiger partial charge in [-0.15, -0.1) is 0 Å². The van der Waals surface area contributed by atoms with Crippen molar-refractivity contribution in [3.05, 3.63) is 0 Å². The van der Waals surface area contributed by atoms with Gasteiger partial charge in [-0.25, -0.2) is 0 Å². The lowest BCUT2D eigenvalue weighted by Gasteiger charge is -2.28. The van der Waals surface area contributed by atoms with Crippen LogP contribution in [0.1, 0.15) is 0 Å². The monoisotopic (exact) mass is 211 g/mol. The van der Waals surface area contributed by atoms with Crippen LogP contribution in [0.3, 0.4) is 0 Å². The van der Waals surface area contributed by atoms with Crippen LogP contribution >= 0.6 is 7.82 Å². The Morgan fingerprint density at radius 3 is 2.23 bits per heavy atom. The van der Waals surface area contributed by atoms with Crippen LogP contribution in [0, 0.1) is 0 Å². The molecule has 0 aliphatic heterocycles. The van der Waals surface area contributed by atoms with E-state index in [2.05, 4.69) is 10.3 Å². The summed E-state index contributed by atoms with van der Waals surface area (Å²) in [6.07, 6.45) is 0. The number of carbonyl (C=O) groups excluding carboxylic acids is 2. The van der Waals surface area contributed by atoms with Crippen LogP contribution in [-0.4, -0.2) is 24.4 Å². The molecule has 0 saturated carbocycles. The quantitative estimate of drug-likeness (QED) is 0.351. The van der Waals surface area contributed by atoms with E-state index in [1.54, 1.807) is 0 Å². The summed E-state index contributed by atoms with van der Waals surface area (Å²) in [5, 5.41) is 9.99. The van der Waals surface area contributed by atoms with E-state index < -0.39 is 32.2 Å². The summed E-state index contributed by atoms with van der Waals surface area (Å²) in [6, 6.07) is -1.74. The molecule has 0 rings (SSSR count). The number of carboxylic acid groups (broad SMARTS) is 1. The van der Waals surface area contributed by atoms with Gasteiger partial charge in [-0.3, -0.25) is 4.79 Å². The van der Waals surface area contributed by atoms with Crippen LogP contribution in [0.4, 0.5) is 0 Å². The zero-order valence-electron chi connectivity index (χ0n) is 6.30. The normalized spacial score (nSPS) is 13.8. The molecule has 0 radical (unpaired) electrons. The van der Waals surface area contributed by atoms with Crippen molar-refractivity contribution in [2.75, 3.05) is 6.61 Å². The summed E-state index contributed by atoms with van der Waals surface area (Å²) in [4.78, 5) is 40.3. The molecule has 3 N–H and O–H groups in total. The first kappa shape index (κ1) is 12.2. The van der Waals surface area contributed by atoms with E-state index in [9.17, 15) is 29.0 Å². The molecule has 0 bridgehead atoms. The molecule has 0 aromatic carbocycles. The molecule has 0 spiro atoms. The van der Waals surface area contributed by atoms with Crippen molar-refractivity contribution < 1.29 is 39.3 Å². The van der Waals surface area contributed by atoms with E-state index in [0.29, 0.717) is 0 Å². The lowest BCUT2D eigenvalue weighted by Crippen LogP contribution is -2.72. The number of hydrogen-bond donors (Lipinski definition) is 1. The van der Waals surface area contributed by atoms with Gasteiger partial charge in [0.1, 0.15) is 12.6 Å². The molecular formula is C4H6NO7P-2. The van der Waals surface area contributed by atoms with E-state index in [-0.39, 0.29) is 0 Å². The predicted octanol–water partition coefficient (Wildman–Crippen LogP) is -5.24.